The Bertz CT molecular complexity index is 1440. The smallest absolute Gasteiger partial charge is 0.379 e. The van der Waals surface area contributed by atoms with Crippen LogP contribution >= 0.6 is 0 Å². The number of amides is 1. The van der Waals surface area contributed by atoms with E-state index in [-0.39, 0.29) is 12.6 Å². The second-order valence-electron chi connectivity index (χ2n) is 11.0. The van der Waals surface area contributed by atoms with Crippen LogP contribution in [0.15, 0.2) is 72.8 Å². The fraction of sp³-hybridized carbons (Fsp3) is 0.406. The Morgan fingerprint density at radius 3 is 2.20 bits per heavy atom. The van der Waals surface area contributed by atoms with Crippen molar-refractivity contribution in [3.63, 3.8) is 0 Å². The zero-order valence-corrected chi connectivity index (χ0v) is 24.0. The van der Waals surface area contributed by atoms with E-state index in [2.05, 4.69) is 15.3 Å². The molecule has 2 fully saturated rings. The molecule has 236 valence electrons. The van der Waals surface area contributed by atoms with Gasteiger partial charge in [0.1, 0.15) is 0 Å². The van der Waals surface area contributed by atoms with Gasteiger partial charge in [-0.2, -0.15) is 26.3 Å². The number of alkyl halides is 6. The van der Waals surface area contributed by atoms with Gasteiger partial charge in [-0.1, -0.05) is 54.6 Å². The lowest BCUT2D eigenvalue weighted by Gasteiger charge is -2.41. The van der Waals surface area contributed by atoms with Crippen LogP contribution in [0, 0.1) is 0 Å². The van der Waals surface area contributed by atoms with Crippen molar-refractivity contribution in [1.29, 1.82) is 0 Å². The van der Waals surface area contributed by atoms with Gasteiger partial charge in [-0.25, -0.2) is 5.01 Å². The molecular formula is C32H34F6N4O2. The molecule has 0 saturated carbocycles. The van der Waals surface area contributed by atoms with E-state index in [0.717, 1.165) is 29.4 Å². The van der Waals surface area contributed by atoms with Crippen molar-refractivity contribution in [2.75, 3.05) is 59.0 Å². The third-order valence-corrected chi connectivity index (χ3v) is 7.92. The van der Waals surface area contributed by atoms with Gasteiger partial charge < -0.3 is 9.64 Å². The van der Waals surface area contributed by atoms with E-state index >= 15 is 0 Å². The molecule has 1 atom stereocenters. The largest absolute Gasteiger partial charge is 0.416 e. The van der Waals surface area contributed by atoms with Crippen LogP contribution in [-0.2, 0) is 23.5 Å². The highest BCUT2D eigenvalue weighted by Gasteiger charge is 2.39. The number of nitrogens with zero attached hydrogens (tertiary/aromatic N) is 3. The average Bonchev–Trinajstić information content (AvgIpc) is 3.00. The number of ether oxygens (including phenoxy) is 1. The Morgan fingerprint density at radius 2 is 1.52 bits per heavy atom. The van der Waals surface area contributed by atoms with E-state index < -0.39 is 41.0 Å². The number of benzene rings is 3. The van der Waals surface area contributed by atoms with Crippen LogP contribution in [0.3, 0.4) is 0 Å². The number of morpholine rings is 1. The minimum absolute atomic E-state index is 0.0432. The second-order valence-corrected chi connectivity index (χ2v) is 11.0. The summed E-state index contributed by atoms with van der Waals surface area (Å²) < 4.78 is 86.6. The van der Waals surface area contributed by atoms with E-state index in [1.165, 1.54) is 4.90 Å². The maximum Gasteiger partial charge on any atom is 0.416 e. The number of fused-ring (bicyclic) bond motifs is 1. The summed E-state index contributed by atoms with van der Waals surface area (Å²) in [6.07, 6.45) is -5.67. The second kappa shape index (κ2) is 13.7. The maximum absolute atomic E-state index is 13.7. The quantitative estimate of drug-likeness (QED) is 0.261. The Labute approximate surface area is 251 Å². The average molecular weight is 621 g/mol. The fourth-order valence-corrected chi connectivity index (χ4v) is 5.62. The Balaban J connectivity index is 1.35. The Kier molecular flexibility index (Phi) is 9.94. The van der Waals surface area contributed by atoms with Gasteiger partial charge >= 0.3 is 12.4 Å². The van der Waals surface area contributed by atoms with E-state index in [1.807, 2.05) is 54.6 Å². The number of rotatable bonds is 8. The van der Waals surface area contributed by atoms with Crippen LogP contribution in [0.1, 0.15) is 27.0 Å². The molecule has 6 nitrogen and oxygen atoms in total. The maximum atomic E-state index is 13.7. The number of piperazine rings is 1. The number of nitrogens with one attached hydrogen (secondary N) is 1. The molecule has 44 heavy (non-hydrogen) atoms. The molecule has 3 aromatic carbocycles. The van der Waals surface area contributed by atoms with Gasteiger partial charge in [0.15, 0.2) is 0 Å². The van der Waals surface area contributed by atoms with Crippen molar-refractivity contribution in [1.82, 2.24) is 20.2 Å². The lowest BCUT2D eigenvalue weighted by atomic mass is 9.97. The molecule has 0 aliphatic carbocycles. The molecule has 0 spiro atoms. The molecule has 1 N–H and O–H groups in total. The molecule has 0 unspecified atom stereocenters. The van der Waals surface area contributed by atoms with Crippen molar-refractivity contribution in [2.24, 2.45) is 0 Å². The lowest BCUT2D eigenvalue weighted by Crippen LogP contribution is -2.56. The van der Waals surface area contributed by atoms with Gasteiger partial charge in [0, 0.05) is 57.4 Å². The Hall–Kier alpha value is -3.45. The van der Waals surface area contributed by atoms with Gasteiger partial charge in [0.2, 0.25) is 0 Å². The van der Waals surface area contributed by atoms with Crippen LogP contribution in [0.25, 0.3) is 10.8 Å². The molecule has 2 aliphatic heterocycles. The normalized spacial score (nSPS) is 19.2. The first kappa shape index (κ1) is 32.0. The number of hydrogen-bond donors (Lipinski definition) is 1. The van der Waals surface area contributed by atoms with Gasteiger partial charge in [0.25, 0.3) is 5.91 Å². The molecule has 5 rings (SSSR count). The first-order valence-corrected chi connectivity index (χ1v) is 14.5. The summed E-state index contributed by atoms with van der Waals surface area (Å²) in [5, 5.41) is 4.13. The number of halogens is 6. The number of carbonyl (C=O) groups is 1. The van der Waals surface area contributed by atoms with E-state index in [9.17, 15) is 31.1 Å². The van der Waals surface area contributed by atoms with Crippen molar-refractivity contribution in [3.8, 4) is 0 Å². The summed E-state index contributed by atoms with van der Waals surface area (Å²) in [5.41, 5.74) is 0.602. The minimum Gasteiger partial charge on any atom is -0.379 e. The molecule has 2 saturated heterocycles. The zero-order valence-electron chi connectivity index (χ0n) is 24.0. The number of hydrazine groups is 1. The third kappa shape index (κ3) is 8.17. The summed E-state index contributed by atoms with van der Waals surface area (Å²) in [4.78, 5) is 17.2. The van der Waals surface area contributed by atoms with Crippen molar-refractivity contribution >= 4 is 16.7 Å². The highest BCUT2D eigenvalue weighted by Crippen LogP contribution is 2.37. The lowest BCUT2D eigenvalue weighted by molar-refractivity contribution is -0.143. The SMILES string of the molecule is O=C(c1cc(C(F)(F)F)cc(C(F)(F)F)c1)N1CCN(CC=CCNN2CCOCC2)C[C@H]1Cc1ccc2ccccc2c1. The first-order valence-electron chi connectivity index (χ1n) is 14.5. The topological polar surface area (TPSA) is 48.1 Å². The summed E-state index contributed by atoms with van der Waals surface area (Å²) in [6, 6.07) is 14.3. The molecular weight excluding hydrogens is 586 g/mol. The van der Waals surface area contributed by atoms with E-state index in [4.69, 9.17) is 4.74 Å². The van der Waals surface area contributed by atoms with Crippen LogP contribution in [-0.4, -0.2) is 85.8 Å². The fourth-order valence-electron chi connectivity index (χ4n) is 5.62. The van der Waals surface area contributed by atoms with Crippen LogP contribution < -0.4 is 5.43 Å². The van der Waals surface area contributed by atoms with Crippen LogP contribution in [0.4, 0.5) is 26.3 Å². The molecule has 12 heteroatoms. The minimum atomic E-state index is -5.04. The summed E-state index contributed by atoms with van der Waals surface area (Å²) in [6.45, 7) is 5.17. The third-order valence-electron chi connectivity index (χ3n) is 7.92. The van der Waals surface area contributed by atoms with Gasteiger partial charge in [0.05, 0.1) is 24.3 Å². The van der Waals surface area contributed by atoms with E-state index in [0.29, 0.717) is 57.9 Å². The molecule has 0 radical (unpaired) electrons. The summed E-state index contributed by atoms with van der Waals surface area (Å²) in [7, 11) is 0. The highest BCUT2D eigenvalue weighted by molar-refractivity contribution is 5.95. The molecule has 1 amide bonds. The highest BCUT2D eigenvalue weighted by atomic mass is 19.4. The molecule has 0 aromatic heterocycles. The zero-order chi connectivity index (χ0) is 31.3. The summed E-state index contributed by atoms with van der Waals surface area (Å²) >= 11 is 0. The van der Waals surface area contributed by atoms with Crippen LogP contribution in [0.5, 0.6) is 0 Å². The number of hydrogen-bond acceptors (Lipinski definition) is 5. The Morgan fingerprint density at radius 1 is 0.841 bits per heavy atom. The van der Waals surface area contributed by atoms with Gasteiger partial charge in [-0.15, -0.1) is 0 Å². The molecule has 0 bridgehead atoms. The van der Waals surface area contributed by atoms with E-state index in [1.54, 1.807) is 0 Å². The molecule has 2 aliphatic rings. The predicted octanol–water partition coefficient (Wildman–Crippen LogP) is 5.64. The number of carbonyl (C=O) groups excluding carboxylic acids is 1. The summed E-state index contributed by atoms with van der Waals surface area (Å²) in [5.74, 6) is -0.850. The first-order chi connectivity index (χ1) is 21.0. The van der Waals surface area contributed by atoms with Gasteiger partial charge in [-0.05, 0) is 41.0 Å². The molecule has 2 heterocycles. The van der Waals surface area contributed by atoms with Crippen LogP contribution in [0.2, 0.25) is 0 Å². The van der Waals surface area contributed by atoms with Crippen molar-refractivity contribution in [3.05, 3.63) is 95.1 Å². The predicted molar refractivity (Wildman–Crippen MR) is 155 cm³/mol. The monoisotopic (exact) mass is 620 g/mol. The van der Waals surface area contributed by atoms with Crippen molar-refractivity contribution in [2.45, 2.75) is 24.8 Å². The molecule has 3 aromatic rings. The van der Waals surface area contributed by atoms with Gasteiger partial charge in [-0.3, -0.25) is 15.1 Å². The van der Waals surface area contributed by atoms with Crippen molar-refractivity contribution < 1.29 is 35.9 Å². The standard InChI is InChI=1S/C32H34F6N4O2/c33-31(34,35)27-19-26(20-28(21-27)32(36,37)38)30(43)42-12-11-40(10-4-3-9-39-41-13-15-44-16-14-41)22-29(42)18-23-7-8-24-5-1-2-6-25(24)17-23/h1-8,17,19-21,29,39H,9-16,18,22H2/t29-/m1/s1.